The monoisotopic (exact) mass is 249 g/mol. The summed E-state index contributed by atoms with van der Waals surface area (Å²) in [4.78, 5) is 4.35. The highest BCUT2D eigenvalue weighted by Crippen LogP contribution is 2.27. The van der Waals surface area contributed by atoms with E-state index in [0.29, 0.717) is 5.92 Å². The third-order valence-corrected chi connectivity index (χ3v) is 3.59. The van der Waals surface area contributed by atoms with Crippen molar-refractivity contribution in [2.24, 2.45) is 5.92 Å². The Labute approximate surface area is 111 Å². The molecule has 0 aliphatic heterocycles. The largest absolute Gasteiger partial charge is 0.388 e. The SMILES string of the molecule is CCCCC(CC)CC(O)c1cc(C)nc(C)c1. The van der Waals surface area contributed by atoms with Gasteiger partial charge in [0.1, 0.15) is 0 Å². The summed E-state index contributed by atoms with van der Waals surface area (Å²) in [5, 5.41) is 10.3. The molecule has 2 unspecified atom stereocenters. The van der Waals surface area contributed by atoms with Crippen molar-refractivity contribution in [1.82, 2.24) is 4.98 Å². The Morgan fingerprint density at radius 3 is 2.28 bits per heavy atom. The zero-order chi connectivity index (χ0) is 13.5. The highest BCUT2D eigenvalue weighted by atomic mass is 16.3. The molecule has 102 valence electrons. The summed E-state index contributed by atoms with van der Waals surface area (Å²) in [7, 11) is 0. The second-order valence-electron chi connectivity index (χ2n) is 5.35. The van der Waals surface area contributed by atoms with Gasteiger partial charge in [-0.2, -0.15) is 0 Å². The molecule has 0 aromatic carbocycles. The molecule has 1 N–H and O–H groups in total. The highest BCUT2D eigenvalue weighted by Gasteiger charge is 2.15. The van der Waals surface area contributed by atoms with Gasteiger partial charge in [-0.05, 0) is 43.9 Å². The lowest BCUT2D eigenvalue weighted by Crippen LogP contribution is -2.08. The van der Waals surface area contributed by atoms with Gasteiger partial charge >= 0.3 is 0 Å². The van der Waals surface area contributed by atoms with Gasteiger partial charge in [-0.3, -0.25) is 4.98 Å². The lowest BCUT2D eigenvalue weighted by Gasteiger charge is -2.19. The summed E-state index contributed by atoms with van der Waals surface area (Å²) in [6.07, 6.45) is 5.42. The van der Waals surface area contributed by atoms with Crippen LogP contribution in [0.15, 0.2) is 12.1 Å². The van der Waals surface area contributed by atoms with Crippen LogP contribution in [0.25, 0.3) is 0 Å². The van der Waals surface area contributed by atoms with Crippen molar-refractivity contribution in [1.29, 1.82) is 0 Å². The minimum Gasteiger partial charge on any atom is -0.388 e. The lowest BCUT2D eigenvalue weighted by molar-refractivity contribution is 0.139. The predicted octanol–water partition coefficient (Wildman–Crippen LogP) is 4.34. The molecule has 2 nitrogen and oxygen atoms in total. The van der Waals surface area contributed by atoms with Crippen LogP contribution in [0, 0.1) is 19.8 Å². The highest BCUT2D eigenvalue weighted by molar-refractivity contribution is 5.22. The molecule has 0 bridgehead atoms. The van der Waals surface area contributed by atoms with Crippen molar-refractivity contribution < 1.29 is 5.11 Å². The summed E-state index contributed by atoms with van der Waals surface area (Å²) >= 11 is 0. The molecule has 0 saturated heterocycles. The molecular formula is C16H27NO. The van der Waals surface area contributed by atoms with Crippen molar-refractivity contribution >= 4 is 0 Å². The average molecular weight is 249 g/mol. The van der Waals surface area contributed by atoms with Gasteiger partial charge in [0.2, 0.25) is 0 Å². The molecule has 0 aliphatic rings. The van der Waals surface area contributed by atoms with Crippen LogP contribution < -0.4 is 0 Å². The third kappa shape index (κ3) is 4.77. The van der Waals surface area contributed by atoms with Crippen molar-refractivity contribution in [2.45, 2.75) is 65.9 Å². The molecule has 2 heteroatoms. The zero-order valence-corrected chi connectivity index (χ0v) is 12.2. The first-order chi connectivity index (χ1) is 8.56. The number of hydrogen-bond donors (Lipinski definition) is 1. The third-order valence-electron chi connectivity index (χ3n) is 3.59. The number of aryl methyl sites for hydroxylation is 2. The van der Waals surface area contributed by atoms with Gasteiger partial charge in [-0.1, -0.05) is 39.5 Å². The summed E-state index contributed by atoms with van der Waals surface area (Å²) in [6.45, 7) is 8.41. The van der Waals surface area contributed by atoms with E-state index < -0.39 is 0 Å². The van der Waals surface area contributed by atoms with E-state index in [0.717, 1.165) is 29.8 Å². The van der Waals surface area contributed by atoms with Crippen LogP contribution >= 0.6 is 0 Å². The Bertz CT molecular complexity index is 342. The van der Waals surface area contributed by atoms with Gasteiger partial charge in [-0.15, -0.1) is 0 Å². The molecule has 0 radical (unpaired) electrons. The summed E-state index contributed by atoms with van der Waals surface area (Å²) in [6, 6.07) is 4.01. The summed E-state index contributed by atoms with van der Waals surface area (Å²) in [5.41, 5.74) is 3.01. The first-order valence-corrected chi connectivity index (χ1v) is 7.20. The standard InChI is InChI=1S/C16H27NO/c1-5-7-8-14(6-2)11-16(18)15-9-12(3)17-13(4)10-15/h9-10,14,16,18H,5-8,11H2,1-4H3. The number of aromatic nitrogens is 1. The number of unbranched alkanes of at least 4 members (excludes halogenated alkanes) is 1. The number of aliphatic hydroxyl groups is 1. The number of rotatable bonds is 7. The first kappa shape index (κ1) is 15.2. The van der Waals surface area contributed by atoms with E-state index in [-0.39, 0.29) is 6.10 Å². The van der Waals surface area contributed by atoms with Crippen LogP contribution in [0.4, 0.5) is 0 Å². The topological polar surface area (TPSA) is 33.1 Å². The number of pyridine rings is 1. The Hall–Kier alpha value is -0.890. The smallest absolute Gasteiger partial charge is 0.0794 e. The van der Waals surface area contributed by atoms with Gasteiger partial charge < -0.3 is 5.11 Å². The Balaban J connectivity index is 2.65. The second kappa shape index (κ2) is 7.52. The molecule has 0 aliphatic carbocycles. The fourth-order valence-electron chi connectivity index (χ4n) is 2.49. The molecule has 0 fully saturated rings. The summed E-state index contributed by atoms with van der Waals surface area (Å²) in [5.74, 6) is 0.633. The van der Waals surface area contributed by atoms with Gasteiger partial charge in [-0.25, -0.2) is 0 Å². The van der Waals surface area contributed by atoms with E-state index in [9.17, 15) is 5.11 Å². The first-order valence-electron chi connectivity index (χ1n) is 7.20. The van der Waals surface area contributed by atoms with Crippen LogP contribution in [0.1, 0.15) is 69.0 Å². The minimum absolute atomic E-state index is 0.341. The van der Waals surface area contributed by atoms with Crippen molar-refractivity contribution in [3.8, 4) is 0 Å². The van der Waals surface area contributed by atoms with Crippen molar-refractivity contribution in [3.05, 3.63) is 29.1 Å². The maximum Gasteiger partial charge on any atom is 0.0794 e. The molecule has 1 aromatic heterocycles. The van der Waals surface area contributed by atoms with E-state index >= 15 is 0 Å². The zero-order valence-electron chi connectivity index (χ0n) is 12.2. The molecule has 1 aromatic rings. The molecule has 1 heterocycles. The van der Waals surface area contributed by atoms with Gasteiger partial charge in [0.25, 0.3) is 0 Å². The second-order valence-corrected chi connectivity index (χ2v) is 5.35. The van der Waals surface area contributed by atoms with Crippen LogP contribution in [-0.2, 0) is 0 Å². The normalized spacial score (nSPS) is 14.5. The van der Waals surface area contributed by atoms with Crippen molar-refractivity contribution in [2.75, 3.05) is 0 Å². The van der Waals surface area contributed by atoms with Gasteiger partial charge in [0.15, 0.2) is 0 Å². The van der Waals surface area contributed by atoms with E-state index in [2.05, 4.69) is 18.8 Å². The quantitative estimate of drug-likeness (QED) is 0.780. The Kier molecular flexibility index (Phi) is 6.34. The molecular weight excluding hydrogens is 222 g/mol. The minimum atomic E-state index is -0.341. The molecule has 2 atom stereocenters. The van der Waals surface area contributed by atoms with E-state index in [1.165, 1.54) is 19.3 Å². The molecule has 0 spiro atoms. The van der Waals surface area contributed by atoms with Crippen LogP contribution in [0.5, 0.6) is 0 Å². The van der Waals surface area contributed by atoms with E-state index in [1.807, 2.05) is 26.0 Å². The number of hydrogen-bond acceptors (Lipinski definition) is 2. The molecule has 18 heavy (non-hydrogen) atoms. The van der Waals surface area contributed by atoms with E-state index in [4.69, 9.17) is 0 Å². The fraction of sp³-hybridized carbons (Fsp3) is 0.688. The summed E-state index contributed by atoms with van der Waals surface area (Å²) < 4.78 is 0. The average Bonchev–Trinajstić information content (AvgIpc) is 2.32. The van der Waals surface area contributed by atoms with Crippen LogP contribution in [-0.4, -0.2) is 10.1 Å². The Morgan fingerprint density at radius 2 is 1.78 bits per heavy atom. The molecule has 0 saturated carbocycles. The van der Waals surface area contributed by atoms with Gasteiger partial charge in [0.05, 0.1) is 6.10 Å². The fourth-order valence-corrected chi connectivity index (χ4v) is 2.49. The lowest BCUT2D eigenvalue weighted by atomic mass is 9.90. The van der Waals surface area contributed by atoms with E-state index in [1.54, 1.807) is 0 Å². The van der Waals surface area contributed by atoms with Crippen molar-refractivity contribution in [3.63, 3.8) is 0 Å². The molecule has 1 rings (SSSR count). The van der Waals surface area contributed by atoms with Gasteiger partial charge in [0, 0.05) is 11.4 Å². The van der Waals surface area contributed by atoms with Crippen LogP contribution in [0.3, 0.4) is 0 Å². The maximum absolute atomic E-state index is 10.3. The predicted molar refractivity (Wildman–Crippen MR) is 76.6 cm³/mol. The molecule has 0 amide bonds. The van der Waals surface area contributed by atoms with Crippen LogP contribution in [0.2, 0.25) is 0 Å². The maximum atomic E-state index is 10.3. The number of aliphatic hydroxyl groups excluding tert-OH is 1. The number of nitrogens with zero attached hydrogens (tertiary/aromatic N) is 1. The Morgan fingerprint density at radius 1 is 1.17 bits per heavy atom.